The zero-order valence-corrected chi connectivity index (χ0v) is 6.08. The van der Waals surface area contributed by atoms with Gasteiger partial charge in [0, 0.05) is 0 Å². The van der Waals surface area contributed by atoms with Crippen LogP contribution in [0.25, 0.3) is 0 Å². The van der Waals surface area contributed by atoms with E-state index in [1.54, 1.807) is 0 Å². The Morgan fingerprint density at radius 1 is 1.56 bits per heavy atom. The molecule has 0 amide bonds. The summed E-state index contributed by atoms with van der Waals surface area (Å²) in [7, 11) is 0. The average Bonchev–Trinajstić information content (AvgIpc) is 1.62. The van der Waals surface area contributed by atoms with Crippen LogP contribution in [0.1, 0.15) is 6.92 Å². The normalized spacial score (nSPS) is 15.2. The lowest BCUT2D eigenvalue weighted by Gasteiger charge is -2.04. The molecule has 5 heteroatoms. The van der Waals surface area contributed by atoms with Crippen molar-refractivity contribution in [2.45, 2.75) is 17.9 Å². The topological polar surface area (TPSA) is 17.1 Å². The second kappa shape index (κ2) is 2.68. The van der Waals surface area contributed by atoms with Crippen LogP contribution >= 0.6 is 15.9 Å². The number of ketones is 1. The van der Waals surface area contributed by atoms with Gasteiger partial charge in [0.15, 0.2) is 0 Å². The van der Waals surface area contributed by atoms with Crippen LogP contribution in [0.5, 0.6) is 0 Å². The van der Waals surface area contributed by atoms with Crippen LogP contribution in [0.15, 0.2) is 0 Å². The number of halogens is 4. The Morgan fingerprint density at radius 3 is 1.89 bits per heavy atom. The second-order valence-corrected chi connectivity index (χ2v) is 2.85. The highest BCUT2D eigenvalue weighted by Crippen LogP contribution is 2.20. The van der Waals surface area contributed by atoms with E-state index >= 15 is 0 Å². The highest BCUT2D eigenvalue weighted by atomic mass is 79.9. The first-order valence-corrected chi connectivity index (χ1v) is 3.02. The van der Waals surface area contributed by atoms with E-state index in [9.17, 15) is 18.0 Å². The standard InChI is InChI=1S/C4H4BrF3O/c1-2(5)3(9)4(6,7)8/h2H,1H3/t2-/m1/s1. The molecule has 0 saturated carbocycles. The minimum atomic E-state index is -4.71. The van der Waals surface area contributed by atoms with Crippen LogP contribution in [-0.4, -0.2) is 16.8 Å². The summed E-state index contributed by atoms with van der Waals surface area (Å²) in [6.07, 6.45) is -4.71. The Hall–Kier alpha value is -0.0600. The summed E-state index contributed by atoms with van der Waals surface area (Å²) < 4.78 is 34.0. The van der Waals surface area contributed by atoms with Gasteiger partial charge in [-0.15, -0.1) is 0 Å². The highest BCUT2D eigenvalue weighted by Gasteiger charge is 2.40. The molecule has 0 aromatic heterocycles. The van der Waals surface area contributed by atoms with Gasteiger partial charge >= 0.3 is 6.18 Å². The fraction of sp³-hybridized carbons (Fsp3) is 0.750. The van der Waals surface area contributed by atoms with Crippen molar-refractivity contribution < 1.29 is 18.0 Å². The fourth-order valence-electron chi connectivity index (χ4n) is 0.226. The van der Waals surface area contributed by atoms with Gasteiger partial charge in [0.2, 0.25) is 5.78 Å². The van der Waals surface area contributed by atoms with Crippen molar-refractivity contribution in [3.8, 4) is 0 Å². The molecule has 0 aromatic carbocycles. The van der Waals surface area contributed by atoms with Gasteiger partial charge in [0.1, 0.15) is 0 Å². The summed E-state index contributed by atoms with van der Waals surface area (Å²) in [4.78, 5) is 8.85. The van der Waals surface area contributed by atoms with Gasteiger partial charge in [-0.25, -0.2) is 0 Å². The first kappa shape index (κ1) is 8.94. The molecule has 1 atom stereocenters. The Bertz CT molecular complexity index is 117. The molecule has 0 N–H and O–H groups in total. The quantitative estimate of drug-likeness (QED) is 0.597. The summed E-state index contributed by atoms with van der Waals surface area (Å²) in [5, 5.41) is 0. The molecule has 1 nitrogen and oxygen atoms in total. The average molecular weight is 205 g/mol. The molecule has 0 rings (SSSR count). The molecule has 0 aromatic rings. The molecule has 0 saturated heterocycles. The van der Waals surface area contributed by atoms with Crippen LogP contribution in [0.3, 0.4) is 0 Å². The number of Topliss-reactive ketones (excluding diaryl/α,β-unsaturated/α-hetero) is 1. The zero-order chi connectivity index (χ0) is 7.65. The molecule has 0 aliphatic heterocycles. The molecule has 0 unspecified atom stereocenters. The smallest absolute Gasteiger partial charge is 0.288 e. The maximum absolute atomic E-state index is 11.3. The number of hydrogen-bond acceptors (Lipinski definition) is 1. The molecule has 54 valence electrons. The van der Waals surface area contributed by atoms with E-state index in [1.807, 2.05) is 0 Å². The summed E-state index contributed by atoms with van der Waals surface area (Å²) in [6, 6.07) is 0. The van der Waals surface area contributed by atoms with Crippen molar-refractivity contribution in [1.82, 2.24) is 0 Å². The summed E-state index contributed by atoms with van der Waals surface area (Å²) in [5.74, 6) is -1.75. The van der Waals surface area contributed by atoms with E-state index in [4.69, 9.17) is 0 Å². The van der Waals surface area contributed by atoms with Crippen LogP contribution < -0.4 is 0 Å². The van der Waals surface area contributed by atoms with Gasteiger partial charge in [-0.05, 0) is 6.92 Å². The molecule has 9 heavy (non-hydrogen) atoms. The lowest BCUT2D eigenvalue weighted by molar-refractivity contribution is -0.169. The lowest BCUT2D eigenvalue weighted by Crippen LogP contribution is -2.28. The molecule has 0 aliphatic carbocycles. The predicted octanol–water partition coefficient (Wildman–Crippen LogP) is 1.90. The Kier molecular flexibility index (Phi) is 2.66. The van der Waals surface area contributed by atoms with Gasteiger partial charge < -0.3 is 0 Å². The molecule has 0 radical (unpaired) electrons. The maximum Gasteiger partial charge on any atom is 0.451 e. The number of alkyl halides is 4. The van der Waals surface area contributed by atoms with Crippen molar-refractivity contribution in [2.24, 2.45) is 0 Å². The van der Waals surface area contributed by atoms with Crippen molar-refractivity contribution >= 4 is 21.7 Å². The summed E-state index contributed by atoms with van der Waals surface area (Å²) >= 11 is 2.51. The lowest BCUT2D eigenvalue weighted by atomic mass is 10.3. The van der Waals surface area contributed by atoms with Gasteiger partial charge in [0.05, 0.1) is 4.83 Å². The van der Waals surface area contributed by atoms with E-state index < -0.39 is 16.8 Å². The van der Waals surface area contributed by atoms with Crippen LogP contribution in [0.2, 0.25) is 0 Å². The summed E-state index contributed by atoms with van der Waals surface area (Å²) in [5.41, 5.74) is 0. The molecule has 0 spiro atoms. The monoisotopic (exact) mass is 204 g/mol. The number of rotatable bonds is 1. The van der Waals surface area contributed by atoms with Crippen molar-refractivity contribution in [3.05, 3.63) is 0 Å². The summed E-state index contributed by atoms with van der Waals surface area (Å²) in [6.45, 7) is 1.13. The third kappa shape index (κ3) is 2.84. The number of carbonyl (C=O) groups is 1. The maximum atomic E-state index is 11.3. The van der Waals surface area contributed by atoms with Crippen molar-refractivity contribution in [2.75, 3.05) is 0 Å². The third-order valence-corrected chi connectivity index (χ3v) is 1.06. The van der Waals surface area contributed by atoms with E-state index in [0.717, 1.165) is 6.92 Å². The first-order chi connectivity index (χ1) is 3.85. The molecule has 0 heterocycles. The Morgan fingerprint density at radius 2 is 1.89 bits per heavy atom. The highest BCUT2D eigenvalue weighted by molar-refractivity contribution is 9.10. The van der Waals surface area contributed by atoms with Crippen LogP contribution in [0.4, 0.5) is 13.2 Å². The number of hydrogen-bond donors (Lipinski definition) is 0. The van der Waals surface area contributed by atoms with E-state index in [1.165, 1.54) is 0 Å². The minimum Gasteiger partial charge on any atom is -0.288 e. The minimum absolute atomic E-state index is 1.13. The van der Waals surface area contributed by atoms with Crippen LogP contribution in [0, 0.1) is 0 Å². The van der Waals surface area contributed by atoms with Gasteiger partial charge in [0.25, 0.3) is 0 Å². The molecule has 0 bridgehead atoms. The van der Waals surface area contributed by atoms with Gasteiger partial charge in [-0.2, -0.15) is 13.2 Å². The first-order valence-electron chi connectivity index (χ1n) is 2.11. The van der Waals surface area contributed by atoms with E-state index in [-0.39, 0.29) is 0 Å². The Labute approximate surface area is 58.4 Å². The van der Waals surface area contributed by atoms with Gasteiger partial charge in [-0.1, -0.05) is 15.9 Å². The van der Waals surface area contributed by atoms with Crippen molar-refractivity contribution in [3.63, 3.8) is 0 Å². The molecular formula is C4H4BrF3O. The van der Waals surface area contributed by atoms with Crippen LogP contribution in [-0.2, 0) is 4.79 Å². The fourth-order valence-corrected chi connectivity index (χ4v) is 0.485. The largest absolute Gasteiger partial charge is 0.451 e. The predicted molar refractivity (Wildman–Crippen MR) is 29.5 cm³/mol. The second-order valence-electron chi connectivity index (χ2n) is 1.48. The zero-order valence-electron chi connectivity index (χ0n) is 4.50. The number of carbonyl (C=O) groups excluding carboxylic acids is 1. The van der Waals surface area contributed by atoms with Gasteiger partial charge in [-0.3, -0.25) is 4.79 Å². The van der Waals surface area contributed by atoms with E-state index in [0.29, 0.717) is 0 Å². The molecule has 0 fully saturated rings. The Balaban J connectivity index is 4.06. The molecular weight excluding hydrogens is 201 g/mol. The third-order valence-electron chi connectivity index (χ3n) is 0.641. The SMILES string of the molecule is C[C@@H](Br)C(=O)C(F)(F)F. The van der Waals surface area contributed by atoms with E-state index in [2.05, 4.69) is 15.9 Å². The van der Waals surface area contributed by atoms with Crippen molar-refractivity contribution in [1.29, 1.82) is 0 Å². The molecule has 0 aliphatic rings.